The quantitative estimate of drug-likeness (QED) is 0.740. The minimum absolute atomic E-state index is 0.705. The predicted octanol–water partition coefficient (Wildman–Crippen LogP) is 2.88. The maximum atomic E-state index is 5.84. The highest BCUT2D eigenvalue weighted by molar-refractivity contribution is 5.61. The van der Waals surface area contributed by atoms with E-state index in [1.165, 1.54) is 5.56 Å². The first-order valence-corrected chi connectivity index (χ1v) is 6.51. The van der Waals surface area contributed by atoms with Gasteiger partial charge in [0.25, 0.3) is 0 Å². The van der Waals surface area contributed by atoms with E-state index >= 15 is 0 Å². The molecular formula is C16H16N4. The van der Waals surface area contributed by atoms with E-state index in [1.54, 1.807) is 6.20 Å². The summed E-state index contributed by atoms with van der Waals surface area (Å²) in [6.45, 7) is 2.77. The van der Waals surface area contributed by atoms with Gasteiger partial charge in [0, 0.05) is 29.8 Å². The molecule has 0 saturated heterocycles. The average molecular weight is 264 g/mol. The molecule has 0 fully saturated rings. The molecule has 0 spiro atoms. The highest BCUT2D eigenvalue weighted by Gasteiger charge is 2.08. The number of hydrogen-bond acceptors (Lipinski definition) is 3. The molecular weight excluding hydrogens is 248 g/mol. The number of benzene rings is 1. The third kappa shape index (κ3) is 2.40. The van der Waals surface area contributed by atoms with Crippen LogP contribution in [0.3, 0.4) is 0 Å². The van der Waals surface area contributed by atoms with Crippen molar-refractivity contribution >= 4 is 5.69 Å². The number of aromatic nitrogens is 3. The van der Waals surface area contributed by atoms with Crippen LogP contribution in [0.5, 0.6) is 0 Å². The Kier molecular flexibility index (Phi) is 3.21. The number of nitrogens with zero attached hydrogens (tertiary/aromatic N) is 3. The van der Waals surface area contributed by atoms with Crippen molar-refractivity contribution in [3.63, 3.8) is 0 Å². The van der Waals surface area contributed by atoms with Crippen molar-refractivity contribution in [2.24, 2.45) is 0 Å². The second-order valence-corrected chi connectivity index (χ2v) is 4.77. The molecule has 4 heteroatoms. The van der Waals surface area contributed by atoms with Gasteiger partial charge in [-0.25, -0.2) is 4.98 Å². The van der Waals surface area contributed by atoms with Crippen LogP contribution in [0.15, 0.2) is 55.0 Å². The molecule has 0 atom stereocenters. The number of hydrogen-bond donors (Lipinski definition) is 1. The summed E-state index contributed by atoms with van der Waals surface area (Å²) in [4.78, 5) is 8.87. The van der Waals surface area contributed by atoms with Gasteiger partial charge in [-0.05, 0) is 30.7 Å². The van der Waals surface area contributed by atoms with Crippen LogP contribution in [0.4, 0.5) is 5.69 Å². The molecule has 0 aliphatic carbocycles. The molecule has 2 heterocycles. The summed E-state index contributed by atoms with van der Waals surface area (Å²) >= 11 is 0. The van der Waals surface area contributed by atoms with E-state index in [0.29, 0.717) is 6.54 Å². The molecule has 3 aromatic rings. The Bertz CT molecular complexity index is 731. The summed E-state index contributed by atoms with van der Waals surface area (Å²) in [5.74, 6) is 0.905. The number of aryl methyl sites for hydroxylation is 1. The van der Waals surface area contributed by atoms with Crippen molar-refractivity contribution in [2.75, 3.05) is 5.73 Å². The van der Waals surface area contributed by atoms with Crippen LogP contribution < -0.4 is 5.73 Å². The van der Waals surface area contributed by atoms with Gasteiger partial charge in [0.2, 0.25) is 0 Å². The number of rotatable bonds is 3. The van der Waals surface area contributed by atoms with Crippen LogP contribution in [0, 0.1) is 6.92 Å². The van der Waals surface area contributed by atoms with Gasteiger partial charge in [-0.1, -0.05) is 18.2 Å². The topological polar surface area (TPSA) is 56.7 Å². The Morgan fingerprint density at radius 3 is 2.80 bits per heavy atom. The van der Waals surface area contributed by atoms with Crippen molar-refractivity contribution in [2.45, 2.75) is 13.5 Å². The molecule has 0 radical (unpaired) electrons. The van der Waals surface area contributed by atoms with Crippen molar-refractivity contribution < 1.29 is 0 Å². The number of anilines is 1. The van der Waals surface area contributed by atoms with E-state index < -0.39 is 0 Å². The van der Waals surface area contributed by atoms with Gasteiger partial charge in [-0.3, -0.25) is 4.98 Å². The maximum absolute atomic E-state index is 5.84. The summed E-state index contributed by atoms with van der Waals surface area (Å²) in [6.07, 6.45) is 5.59. The van der Waals surface area contributed by atoms with E-state index in [0.717, 1.165) is 22.8 Å². The Hall–Kier alpha value is -2.62. The molecule has 2 aromatic heterocycles. The first-order chi connectivity index (χ1) is 9.74. The number of pyridine rings is 1. The lowest BCUT2D eigenvalue weighted by Crippen LogP contribution is -2.04. The van der Waals surface area contributed by atoms with Gasteiger partial charge in [-0.2, -0.15) is 0 Å². The maximum Gasteiger partial charge on any atom is 0.140 e. The third-order valence-corrected chi connectivity index (χ3v) is 3.30. The summed E-state index contributed by atoms with van der Waals surface area (Å²) < 4.78 is 2.09. The molecule has 100 valence electrons. The zero-order chi connectivity index (χ0) is 13.9. The zero-order valence-electron chi connectivity index (χ0n) is 11.3. The normalized spacial score (nSPS) is 10.7. The first-order valence-electron chi connectivity index (χ1n) is 6.51. The molecule has 0 aliphatic heterocycles. The fourth-order valence-electron chi connectivity index (χ4n) is 2.22. The molecule has 0 amide bonds. The lowest BCUT2D eigenvalue weighted by molar-refractivity contribution is 0.775. The molecule has 3 rings (SSSR count). The van der Waals surface area contributed by atoms with Crippen LogP contribution in [0.1, 0.15) is 11.3 Å². The van der Waals surface area contributed by atoms with Crippen LogP contribution in [-0.2, 0) is 6.54 Å². The van der Waals surface area contributed by atoms with E-state index in [4.69, 9.17) is 5.73 Å². The Morgan fingerprint density at radius 2 is 2.00 bits per heavy atom. The summed E-state index contributed by atoms with van der Waals surface area (Å²) in [5, 5.41) is 0. The fraction of sp³-hybridized carbons (Fsp3) is 0.125. The Balaban J connectivity index is 1.97. The van der Waals surface area contributed by atoms with E-state index in [1.807, 2.05) is 42.7 Å². The standard InChI is InChI=1S/C16H16N4/c1-12-4-3-7-18-15(12)11-20-9-8-19-16(20)13-5-2-6-14(17)10-13/h2-10H,11,17H2,1H3. The van der Waals surface area contributed by atoms with Crippen LogP contribution in [0.2, 0.25) is 0 Å². The minimum atomic E-state index is 0.705. The van der Waals surface area contributed by atoms with E-state index in [-0.39, 0.29) is 0 Å². The van der Waals surface area contributed by atoms with Crippen molar-refractivity contribution in [1.82, 2.24) is 14.5 Å². The number of imidazole rings is 1. The average Bonchev–Trinajstić information content (AvgIpc) is 2.90. The molecule has 0 aliphatic rings. The van der Waals surface area contributed by atoms with Gasteiger partial charge >= 0.3 is 0 Å². The number of nitrogens with two attached hydrogens (primary N) is 1. The molecule has 20 heavy (non-hydrogen) atoms. The predicted molar refractivity (Wildman–Crippen MR) is 80.2 cm³/mol. The molecule has 4 nitrogen and oxygen atoms in total. The molecule has 0 unspecified atom stereocenters. The van der Waals surface area contributed by atoms with Crippen LogP contribution in [-0.4, -0.2) is 14.5 Å². The van der Waals surface area contributed by atoms with Gasteiger partial charge in [0.1, 0.15) is 5.82 Å². The first kappa shape index (κ1) is 12.4. The SMILES string of the molecule is Cc1cccnc1Cn1ccnc1-c1cccc(N)c1. The lowest BCUT2D eigenvalue weighted by Gasteiger charge is -2.09. The van der Waals surface area contributed by atoms with E-state index in [2.05, 4.69) is 27.5 Å². The van der Waals surface area contributed by atoms with Gasteiger partial charge in [0.15, 0.2) is 0 Å². The smallest absolute Gasteiger partial charge is 0.140 e. The third-order valence-electron chi connectivity index (χ3n) is 3.30. The second-order valence-electron chi connectivity index (χ2n) is 4.77. The van der Waals surface area contributed by atoms with Gasteiger partial charge in [-0.15, -0.1) is 0 Å². The van der Waals surface area contributed by atoms with Crippen LogP contribution in [0.25, 0.3) is 11.4 Å². The molecule has 2 N–H and O–H groups in total. The summed E-state index contributed by atoms with van der Waals surface area (Å²) in [7, 11) is 0. The Morgan fingerprint density at radius 1 is 1.10 bits per heavy atom. The fourth-order valence-corrected chi connectivity index (χ4v) is 2.22. The highest BCUT2D eigenvalue weighted by atomic mass is 15.1. The Labute approximate surface area is 117 Å². The lowest BCUT2D eigenvalue weighted by atomic mass is 10.2. The zero-order valence-corrected chi connectivity index (χ0v) is 11.3. The monoisotopic (exact) mass is 264 g/mol. The second kappa shape index (κ2) is 5.17. The molecule has 0 bridgehead atoms. The van der Waals surface area contributed by atoms with Crippen molar-refractivity contribution in [3.05, 3.63) is 66.2 Å². The van der Waals surface area contributed by atoms with Crippen LogP contribution >= 0.6 is 0 Å². The van der Waals surface area contributed by atoms with Gasteiger partial charge in [0.05, 0.1) is 12.2 Å². The largest absolute Gasteiger partial charge is 0.399 e. The summed E-state index contributed by atoms with van der Waals surface area (Å²) in [5.41, 5.74) is 9.83. The van der Waals surface area contributed by atoms with Gasteiger partial charge < -0.3 is 10.3 Å². The van der Waals surface area contributed by atoms with Crippen molar-refractivity contribution in [1.29, 1.82) is 0 Å². The molecule has 1 aromatic carbocycles. The number of nitrogen functional groups attached to an aromatic ring is 1. The highest BCUT2D eigenvalue weighted by Crippen LogP contribution is 2.20. The van der Waals surface area contributed by atoms with Crippen molar-refractivity contribution in [3.8, 4) is 11.4 Å². The summed E-state index contributed by atoms with van der Waals surface area (Å²) in [6, 6.07) is 11.8. The molecule has 0 saturated carbocycles. The van der Waals surface area contributed by atoms with E-state index in [9.17, 15) is 0 Å². The minimum Gasteiger partial charge on any atom is -0.399 e.